The highest BCUT2D eigenvalue weighted by Gasteiger charge is 2.23. The monoisotopic (exact) mass is 299 g/mol. The average molecular weight is 299 g/mol. The molecule has 2 amide bonds. The van der Waals surface area contributed by atoms with Crippen molar-refractivity contribution in [1.82, 2.24) is 14.8 Å². The van der Waals surface area contributed by atoms with E-state index in [0.29, 0.717) is 32.6 Å². The van der Waals surface area contributed by atoms with Crippen LogP contribution in [0, 0.1) is 6.92 Å². The van der Waals surface area contributed by atoms with Crippen molar-refractivity contribution >= 4 is 22.7 Å². The Morgan fingerprint density at radius 2 is 1.82 bits per heavy atom. The number of amides is 2. The summed E-state index contributed by atoms with van der Waals surface area (Å²) in [5.41, 5.74) is 3.30. The van der Waals surface area contributed by atoms with Crippen molar-refractivity contribution in [3.8, 4) is 0 Å². The maximum atomic E-state index is 12.5. The number of hydrogen-bond donors (Lipinski definition) is 1. The van der Waals surface area contributed by atoms with Gasteiger partial charge in [-0.1, -0.05) is 12.1 Å². The molecule has 1 aromatic heterocycles. The number of fused-ring (bicyclic) bond motifs is 1. The number of aryl methyl sites for hydroxylation is 1. The highest BCUT2D eigenvalue weighted by Crippen LogP contribution is 2.23. The fourth-order valence-corrected chi connectivity index (χ4v) is 3.14. The molecule has 22 heavy (non-hydrogen) atoms. The molecule has 1 fully saturated rings. The fourth-order valence-electron chi connectivity index (χ4n) is 3.14. The van der Waals surface area contributed by atoms with Gasteiger partial charge in [-0.3, -0.25) is 9.59 Å². The van der Waals surface area contributed by atoms with Crippen LogP contribution in [0.25, 0.3) is 10.9 Å². The van der Waals surface area contributed by atoms with Crippen molar-refractivity contribution < 1.29 is 9.59 Å². The number of piperazine rings is 1. The summed E-state index contributed by atoms with van der Waals surface area (Å²) in [5, 5.41) is 1.15. The molecule has 1 aliphatic heterocycles. The molecule has 0 aliphatic carbocycles. The van der Waals surface area contributed by atoms with Crippen molar-refractivity contribution in [2.45, 2.75) is 20.3 Å². The molecule has 116 valence electrons. The summed E-state index contributed by atoms with van der Waals surface area (Å²) in [5.74, 6) is 0.215. The van der Waals surface area contributed by atoms with E-state index in [4.69, 9.17) is 0 Å². The normalized spacial score (nSPS) is 15.4. The Labute approximate surface area is 129 Å². The Kier molecular flexibility index (Phi) is 3.88. The quantitative estimate of drug-likeness (QED) is 0.918. The third-order valence-corrected chi connectivity index (χ3v) is 4.42. The zero-order valence-electron chi connectivity index (χ0n) is 13.1. The van der Waals surface area contributed by atoms with E-state index >= 15 is 0 Å². The summed E-state index contributed by atoms with van der Waals surface area (Å²) in [6.07, 6.45) is 2.34. The van der Waals surface area contributed by atoms with E-state index in [2.05, 4.69) is 18.0 Å². The van der Waals surface area contributed by atoms with E-state index in [9.17, 15) is 9.59 Å². The minimum absolute atomic E-state index is 0.0827. The Morgan fingerprint density at radius 1 is 1.14 bits per heavy atom. The van der Waals surface area contributed by atoms with Gasteiger partial charge < -0.3 is 14.8 Å². The van der Waals surface area contributed by atoms with Gasteiger partial charge in [-0.05, 0) is 24.1 Å². The van der Waals surface area contributed by atoms with Crippen LogP contribution in [0.3, 0.4) is 0 Å². The zero-order chi connectivity index (χ0) is 15.7. The number of rotatable bonds is 2. The van der Waals surface area contributed by atoms with E-state index in [1.54, 1.807) is 11.8 Å². The molecule has 5 nitrogen and oxygen atoms in total. The topological polar surface area (TPSA) is 56.4 Å². The number of nitrogens with one attached hydrogen (secondary N) is 1. The van der Waals surface area contributed by atoms with Crippen LogP contribution in [0.4, 0.5) is 0 Å². The predicted octanol–water partition coefficient (Wildman–Crippen LogP) is 1.71. The summed E-state index contributed by atoms with van der Waals surface area (Å²) < 4.78 is 0. The van der Waals surface area contributed by atoms with Gasteiger partial charge in [0.25, 0.3) is 0 Å². The van der Waals surface area contributed by atoms with E-state index in [1.165, 1.54) is 5.56 Å². The van der Waals surface area contributed by atoms with Crippen LogP contribution in [0.1, 0.15) is 18.1 Å². The molecule has 1 aromatic carbocycles. The number of aromatic nitrogens is 1. The smallest absolute Gasteiger partial charge is 0.227 e. The second-order valence-electron chi connectivity index (χ2n) is 5.88. The van der Waals surface area contributed by atoms with E-state index in [-0.39, 0.29) is 11.8 Å². The molecule has 2 aromatic rings. The predicted molar refractivity (Wildman–Crippen MR) is 85.6 cm³/mol. The standard InChI is InChI=1S/C17H21N3O2/c1-12-4-3-5-15-17(12)14(11-18-15)10-16(22)20-8-6-19(7-9-20)13(2)21/h3-5,11,18H,6-10H2,1-2H3. The number of hydrogen-bond acceptors (Lipinski definition) is 2. The summed E-state index contributed by atoms with van der Waals surface area (Å²) in [7, 11) is 0. The maximum absolute atomic E-state index is 12.5. The third kappa shape index (κ3) is 2.71. The van der Waals surface area contributed by atoms with Crippen LogP contribution >= 0.6 is 0 Å². The highest BCUT2D eigenvalue weighted by atomic mass is 16.2. The summed E-state index contributed by atoms with van der Waals surface area (Å²) in [4.78, 5) is 30.7. The molecular formula is C17H21N3O2. The van der Waals surface area contributed by atoms with Gasteiger partial charge >= 0.3 is 0 Å². The molecule has 0 bridgehead atoms. The molecule has 1 N–H and O–H groups in total. The molecule has 0 radical (unpaired) electrons. The number of aromatic amines is 1. The van der Waals surface area contributed by atoms with Crippen LogP contribution in [-0.4, -0.2) is 52.8 Å². The SMILES string of the molecule is CC(=O)N1CCN(C(=O)Cc2c[nH]c3cccc(C)c23)CC1. The van der Waals surface area contributed by atoms with Gasteiger partial charge in [-0.15, -0.1) is 0 Å². The van der Waals surface area contributed by atoms with Crippen molar-refractivity contribution in [3.05, 3.63) is 35.5 Å². The van der Waals surface area contributed by atoms with Gasteiger partial charge in [-0.25, -0.2) is 0 Å². The largest absolute Gasteiger partial charge is 0.361 e. The average Bonchev–Trinajstić information content (AvgIpc) is 2.92. The number of carbonyl (C=O) groups is 2. The van der Waals surface area contributed by atoms with Crippen molar-refractivity contribution in [1.29, 1.82) is 0 Å². The zero-order valence-corrected chi connectivity index (χ0v) is 13.1. The summed E-state index contributed by atoms with van der Waals surface area (Å²) in [6, 6.07) is 6.11. The lowest BCUT2D eigenvalue weighted by atomic mass is 10.0. The first-order valence-corrected chi connectivity index (χ1v) is 7.65. The van der Waals surface area contributed by atoms with Crippen molar-refractivity contribution in [2.75, 3.05) is 26.2 Å². The summed E-state index contributed by atoms with van der Waals surface area (Å²) in [6.45, 7) is 6.16. The minimum atomic E-state index is 0.0827. The fraction of sp³-hybridized carbons (Fsp3) is 0.412. The lowest BCUT2D eigenvalue weighted by Gasteiger charge is -2.34. The maximum Gasteiger partial charge on any atom is 0.227 e. The molecule has 0 spiro atoms. The van der Waals surface area contributed by atoms with Gasteiger partial charge in [0.2, 0.25) is 11.8 Å². The molecule has 1 aliphatic rings. The first-order valence-electron chi connectivity index (χ1n) is 7.65. The molecule has 0 unspecified atom stereocenters. The first-order chi connectivity index (χ1) is 10.6. The number of carbonyl (C=O) groups excluding carboxylic acids is 2. The number of benzene rings is 1. The number of H-pyrrole nitrogens is 1. The Morgan fingerprint density at radius 3 is 2.50 bits per heavy atom. The van der Waals surface area contributed by atoms with Crippen LogP contribution in [0.5, 0.6) is 0 Å². The highest BCUT2D eigenvalue weighted by molar-refractivity contribution is 5.91. The molecule has 0 atom stereocenters. The number of nitrogens with zero attached hydrogens (tertiary/aromatic N) is 2. The Hall–Kier alpha value is -2.30. The van der Waals surface area contributed by atoms with E-state index < -0.39 is 0 Å². The Bertz CT molecular complexity index is 712. The van der Waals surface area contributed by atoms with Crippen molar-refractivity contribution in [2.24, 2.45) is 0 Å². The van der Waals surface area contributed by atoms with Crippen LogP contribution in [0.15, 0.2) is 24.4 Å². The van der Waals surface area contributed by atoms with Gasteiger partial charge in [-0.2, -0.15) is 0 Å². The molecular weight excluding hydrogens is 278 g/mol. The molecule has 2 heterocycles. The molecule has 3 rings (SSSR count). The summed E-state index contributed by atoms with van der Waals surface area (Å²) >= 11 is 0. The third-order valence-electron chi connectivity index (χ3n) is 4.42. The van der Waals surface area contributed by atoms with Gasteiger partial charge in [0.05, 0.1) is 6.42 Å². The Balaban J connectivity index is 1.70. The van der Waals surface area contributed by atoms with Crippen LogP contribution in [0.2, 0.25) is 0 Å². The molecule has 1 saturated heterocycles. The second-order valence-corrected chi connectivity index (χ2v) is 5.88. The first kappa shape index (κ1) is 14.6. The van der Waals surface area contributed by atoms with Crippen molar-refractivity contribution in [3.63, 3.8) is 0 Å². The lowest BCUT2D eigenvalue weighted by molar-refractivity contribution is -0.137. The second kappa shape index (κ2) is 5.83. The van der Waals surface area contributed by atoms with Crippen LogP contribution in [-0.2, 0) is 16.0 Å². The molecule has 0 saturated carbocycles. The van der Waals surface area contributed by atoms with Gasteiger partial charge in [0, 0.05) is 50.2 Å². The van der Waals surface area contributed by atoms with E-state index in [1.807, 2.05) is 23.2 Å². The van der Waals surface area contributed by atoms with Crippen LogP contribution < -0.4 is 0 Å². The van der Waals surface area contributed by atoms with Gasteiger partial charge in [0.1, 0.15) is 0 Å². The van der Waals surface area contributed by atoms with Gasteiger partial charge in [0.15, 0.2) is 0 Å². The lowest BCUT2D eigenvalue weighted by Crippen LogP contribution is -2.50. The minimum Gasteiger partial charge on any atom is -0.361 e. The van der Waals surface area contributed by atoms with E-state index in [0.717, 1.165) is 16.5 Å². The molecule has 5 heteroatoms.